The highest BCUT2D eigenvalue weighted by molar-refractivity contribution is 7.25. The Hall–Kier alpha value is -6.35. The van der Waals surface area contributed by atoms with Gasteiger partial charge in [-0.3, -0.25) is 22.0 Å². The smallest absolute Gasteiger partial charge is 0.181 e. The minimum absolute atomic E-state index is 0.387. The van der Waals surface area contributed by atoms with E-state index in [0.29, 0.717) is 48.4 Å². The van der Waals surface area contributed by atoms with Crippen molar-refractivity contribution < 1.29 is 33.2 Å². The summed E-state index contributed by atoms with van der Waals surface area (Å²) >= 11 is 3.06. The molecule has 13 heteroatoms. The number of fused-ring (bicyclic) bond motifs is 1. The van der Waals surface area contributed by atoms with E-state index in [2.05, 4.69) is 105 Å². The Kier molecular flexibility index (Phi) is 17.1. The van der Waals surface area contributed by atoms with Crippen LogP contribution in [0.5, 0.6) is 34.5 Å². The summed E-state index contributed by atoms with van der Waals surface area (Å²) in [5.41, 5.74) is 26.7. The highest BCUT2D eigenvalue weighted by atomic mass is 32.1. The van der Waals surface area contributed by atoms with Gasteiger partial charge in [0.25, 0.3) is 0 Å². The minimum Gasteiger partial charge on any atom is -0.493 e. The van der Waals surface area contributed by atoms with E-state index in [1.807, 2.05) is 48.5 Å². The van der Waals surface area contributed by atoms with Crippen molar-refractivity contribution >= 4 is 46.0 Å². The molecule has 5 aromatic carbocycles. The maximum atomic E-state index is 11.6. The van der Waals surface area contributed by atoms with Gasteiger partial charge in [0.15, 0.2) is 17.8 Å². The minimum atomic E-state index is -0.477. The summed E-state index contributed by atoms with van der Waals surface area (Å²) in [6.45, 7) is 9.93. The topological polar surface area (TPSA) is 154 Å². The van der Waals surface area contributed by atoms with Crippen LogP contribution in [0.25, 0.3) is 42.4 Å². The number of carbonyl (C=O) groups excluding carboxylic acids is 1. The van der Waals surface area contributed by atoms with Gasteiger partial charge in [-0.15, -0.1) is 22.7 Å². The zero-order valence-electron chi connectivity index (χ0n) is 40.5. The van der Waals surface area contributed by atoms with Gasteiger partial charge in [0.1, 0.15) is 54.9 Å². The molecule has 3 unspecified atom stereocenters. The lowest BCUT2D eigenvalue weighted by Gasteiger charge is -2.26. The second-order valence-corrected chi connectivity index (χ2v) is 19.4. The zero-order chi connectivity index (χ0) is 49.0. The van der Waals surface area contributed by atoms with Gasteiger partial charge in [-0.05, 0) is 115 Å². The van der Waals surface area contributed by atoms with Crippen LogP contribution in [0.1, 0.15) is 88.7 Å². The molecule has 1 aliphatic rings. The Balaban J connectivity index is 1.16. The molecule has 0 saturated heterocycles. The van der Waals surface area contributed by atoms with Gasteiger partial charge in [-0.25, -0.2) is 0 Å². The number of benzene rings is 5. The van der Waals surface area contributed by atoms with Crippen LogP contribution in [-0.2, 0) is 0 Å². The molecule has 70 heavy (non-hydrogen) atoms. The van der Waals surface area contributed by atoms with Gasteiger partial charge in [0, 0.05) is 45.2 Å². The van der Waals surface area contributed by atoms with Gasteiger partial charge in [0.05, 0.1) is 21.2 Å². The SMILES string of the molecule is CCCCOc1cc(OC(N)CCC)ccc1-c1ccc(N(c2ccc(-c3ccc(OC(N)CCC)cc3OC(N)CCC)cc2)c2ccc(-c3sc(-c4ccc(C=O)s4)c4c3OCCO4)cc2)cc1. The van der Waals surface area contributed by atoms with E-state index in [0.717, 1.165) is 128 Å². The zero-order valence-corrected chi connectivity index (χ0v) is 42.1. The second-order valence-electron chi connectivity index (χ2n) is 17.3. The van der Waals surface area contributed by atoms with Crippen LogP contribution in [0.4, 0.5) is 17.1 Å². The van der Waals surface area contributed by atoms with Crippen LogP contribution < -0.4 is 50.5 Å². The Morgan fingerprint density at radius 3 is 1.54 bits per heavy atom. The van der Waals surface area contributed by atoms with Crippen LogP contribution in [0.2, 0.25) is 0 Å². The van der Waals surface area contributed by atoms with Gasteiger partial charge >= 0.3 is 0 Å². The van der Waals surface area contributed by atoms with Crippen LogP contribution in [-0.4, -0.2) is 44.8 Å². The second kappa shape index (κ2) is 24.0. The number of nitrogens with two attached hydrogens (primary N) is 3. The van der Waals surface area contributed by atoms with Gasteiger partial charge < -0.3 is 33.3 Å². The van der Waals surface area contributed by atoms with E-state index in [9.17, 15) is 4.79 Å². The molecule has 7 aromatic rings. The number of nitrogens with zero attached hydrogens (tertiary/aromatic N) is 1. The molecule has 2 aromatic heterocycles. The maximum absolute atomic E-state index is 11.6. The van der Waals surface area contributed by atoms with Crippen molar-refractivity contribution in [1.29, 1.82) is 0 Å². The lowest BCUT2D eigenvalue weighted by atomic mass is 10.0. The number of hydrogen-bond acceptors (Lipinski definition) is 13. The fraction of sp³-hybridized carbons (Fsp3) is 0.316. The summed E-state index contributed by atoms with van der Waals surface area (Å²) in [6.07, 6.45) is 6.50. The van der Waals surface area contributed by atoms with Crippen LogP contribution in [0.3, 0.4) is 0 Å². The van der Waals surface area contributed by atoms with Gasteiger partial charge in [-0.1, -0.05) is 89.8 Å². The van der Waals surface area contributed by atoms with Crippen molar-refractivity contribution in [3.63, 3.8) is 0 Å². The average molecular weight is 981 g/mol. The number of carbonyl (C=O) groups is 1. The third-order valence-corrected chi connectivity index (χ3v) is 14.3. The standard InChI is InChI=1S/C57H64N4O7S2/c1-5-9-31-63-48-34-43(66-51(58)10-6-2)25-28-46(48)37-13-19-40(20-14-37)61(41-21-15-38(16-22-41)47-29-26-44(67-52(59)11-7-3)35-49(47)68-53(60)12-8-4)42-23-17-39(18-24-42)56-54-55(65-33-32-64-54)57(70-56)50-30-27-45(36-62)69-50/h13-30,34-36,51-53H,5-12,31-33,58-60H2,1-4H3. The molecular weight excluding hydrogens is 917 g/mol. The molecule has 0 fully saturated rings. The molecular formula is C57H64N4O7S2. The highest BCUT2D eigenvalue weighted by Crippen LogP contribution is 2.55. The quantitative estimate of drug-likeness (QED) is 0.0301. The predicted molar refractivity (Wildman–Crippen MR) is 286 cm³/mol. The first-order chi connectivity index (χ1) is 34.2. The average Bonchev–Trinajstić information content (AvgIpc) is 4.01. The van der Waals surface area contributed by atoms with Crippen LogP contribution in [0, 0.1) is 0 Å². The van der Waals surface area contributed by atoms with Crippen molar-refractivity contribution in [2.45, 2.75) is 97.7 Å². The first-order valence-electron chi connectivity index (χ1n) is 24.5. The molecule has 3 atom stereocenters. The molecule has 0 bridgehead atoms. The summed E-state index contributed by atoms with van der Waals surface area (Å²) in [7, 11) is 0. The lowest BCUT2D eigenvalue weighted by Crippen LogP contribution is -2.28. The summed E-state index contributed by atoms with van der Waals surface area (Å²) in [5, 5.41) is 0. The van der Waals surface area contributed by atoms with E-state index >= 15 is 0 Å². The third-order valence-electron chi connectivity index (χ3n) is 11.9. The Morgan fingerprint density at radius 1 is 0.557 bits per heavy atom. The molecule has 0 saturated carbocycles. The fourth-order valence-corrected chi connectivity index (χ4v) is 10.5. The number of hydrogen-bond donors (Lipinski definition) is 3. The van der Waals surface area contributed by atoms with Crippen molar-refractivity contribution in [3.8, 4) is 76.9 Å². The van der Waals surface area contributed by atoms with Gasteiger partial charge in [0.2, 0.25) is 0 Å². The monoisotopic (exact) mass is 980 g/mol. The normalized spacial score (nSPS) is 13.3. The summed E-state index contributed by atoms with van der Waals surface area (Å²) < 4.78 is 37.3. The van der Waals surface area contributed by atoms with E-state index < -0.39 is 12.5 Å². The number of ether oxygens (including phenoxy) is 6. The maximum Gasteiger partial charge on any atom is 0.181 e. The fourth-order valence-electron chi connectivity index (χ4n) is 8.35. The Bertz CT molecular complexity index is 2790. The number of aldehydes is 1. The molecule has 0 radical (unpaired) electrons. The predicted octanol–water partition coefficient (Wildman–Crippen LogP) is 14.1. The molecule has 8 rings (SSSR count). The molecule has 11 nitrogen and oxygen atoms in total. The van der Waals surface area contributed by atoms with E-state index in [4.69, 9.17) is 45.6 Å². The van der Waals surface area contributed by atoms with Crippen molar-refractivity contribution in [2.24, 2.45) is 17.2 Å². The van der Waals surface area contributed by atoms with Crippen molar-refractivity contribution in [2.75, 3.05) is 24.7 Å². The molecule has 366 valence electrons. The first-order valence-corrected chi connectivity index (χ1v) is 26.1. The van der Waals surface area contributed by atoms with E-state index in [1.54, 1.807) is 11.3 Å². The van der Waals surface area contributed by atoms with E-state index in [-0.39, 0.29) is 6.23 Å². The Labute approximate surface area is 420 Å². The summed E-state index contributed by atoms with van der Waals surface area (Å²) in [5.74, 6) is 4.16. The third kappa shape index (κ3) is 12.0. The number of unbranched alkanes of at least 4 members (excludes halogenated alkanes) is 1. The molecule has 0 amide bonds. The molecule has 0 aliphatic carbocycles. The van der Waals surface area contributed by atoms with E-state index in [1.165, 1.54) is 11.3 Å². The molecule has 1 aliphatic heterocycles. The first kappa shape index (κ1) is 50.1. The number of rotatable bonds is 24. The van der Waals surface area contributed by atoms with Crippen LogP contribution >= 0.6 is 22.7 Å². The molecule has 6 N–H and O–H groups in total. The number of thiophene rings is 2. The lowest BCUT2D eigenvalue weighted by molar-refractivity contribution is 0.112. The van der Waals surface area contributed by atoms with Crippen LogP contribution in [0.15, 0.2) is 121 Å². The molecule has 0 spiro atoms. The van der Waals surface area contributed by atoms with Crippen molar-refractivity contribution in [3.05, 3.63) is 126 Å². The highest BCUT2D eigenvalue weighted by Gasteiger charge is 2.28. The summed E-state index contributed by atoms with van der Waals surface area (Å²) in [4.78, 5) is 17.4. The molecule has 3 heterocycles. The largest absolute Gasteiger partial charge is 0.493 e. The summed E-state index contributed by atoms with van der Waals surface area (Å²) in [6, 6.07) is 41.1. The Morgan fingerprint density at radius 2 is 1.04 bits per heavy atom. The van der Waals surface area contributed by atoms with Gasteiger partial charge in [-0.2, -0.15) is 0 Å². The number of anilines is 3. The van der Waals surface area contributed by atoms with Crippen molar-refractivity contribution in [1.82, 2.24) is 0 Å².